The monoisotopic (exact) mass is 255 g/mol. The molecule has 1 saturated heterocycles. The van der Waals surface area contributed by atoms with E-state index in [1.807, 2.05) is 6.92 Å². The van der Waals surface area contributed by atoms with Crippen LogP contribution in [0.5, 0.6) is 0 Å². The quantitative estimate of drug-likeness (QED) is 0.708. The van der Waals surface area contributed by atoms with Crippen LogP contribution in [0.25, 0.3) is 0 Å². The van der Waals surface area contributed by atoms with Crippen LogP contribution in [0, 0.1) is 5.92 Å². The zero-order valence-corrected chi connectivity index (χ0v) is 11.8. The van der Waals surface area contributed by atoms with Crippen molar-refractivity contribution in [3.8, 4) is 0 Å². The standard InChI is InChI=1S/C14H25NO3/c1-4-8-11(3)13(16)15-10-7-6-9-12(15)14(17)18-5-2/h11-12H,4-10H2,1-3H3. The lowest BCUT2D eigenvalue weighted by Gasteiger charge is -2.35. The average molecular weight is 255 g/mol. The molecule has 4 heteroatoms. The molecule has 1 amide bonds. The van der Waals surface area contributed by atoms with Crippen LogP contribution in [0.4, 0.5) is 0 Å². The Balaban J connectivity index is 2.69. The van der Waals surface area contributed by atoms with Gasteiger partial charge in [-0.15, -0.1) is 0 Å². The topological polar surface area (TPSA) is 46.6 Å². The average Bonchev–Trinajstić information content (AvgIpc) is 2.38. The third-order valence-electron chi connectivity index (χ3n) is 3.49. The summed E-state index contributed by atoms with van der Waals surface area (Å²) in [5.74, 6) is -0.131. The Morgan fingerprint density at radius 3 is 2.67 bits per heavy atom. The lowest BCUT2D eigenvalue weighted by molar-refractivity contribution is -0.158. The lowest BCUT2D eigenvalue weighted by atomic mass is 9.98. The highest BCUT2D eigenvalue weighted by Gasteiger charge is 2.34. The molecule has 2 unspecified atom stereocenters. The number of amides is 1. The van der Waals surface area contributed by atoms with E-state index in [0.717, 1.165) is 32.1 Å². The minimum absolute atomic E-state index is 0.00465. The van der Waals surface area contributed by atoms with Gasteiger partial charge in [-0.2, -0.15) is 0 Å². The van der Waals surface area contributed by atoms with Gasteiger partial charge >= 0.3 is 5.97 Å². The minimum Gasteiger partial charge on any atom is -0.464 e. The van der Waals surface area contributed by atoms with Crippen molar-refractivity contribution in [1.82, 2.24) is 4.90 Å². The number of hydrogen-bond acceptors (Lipinski definition) is 3. The zero-order chi connectivity index (χ0) is 13.5. The number of hydrogen-bond donors (Lipinski definition) is 0. The Hall–Kier alpha value is -1.06. The fraction of sp³-hybridized carbons (Fsp3) is 0.857. The highest BCUT2D eigenvalue weighted by molar-refractivity contribution is 5.85. The first-order valence-electron chi connectivity index (χ1n) is 7.08. The Morgan fingerprint density at radius 1 is 1.33 bits per heavy atom. The molecule has 1 aliphatic heterocycles. The summed E-state index contributed by atoms with van der Waals surface area (Å²) in [6.07, 6.45) is 4.59. The predicted molar refractivity (Wildman–Crippen MR) is 70.1 cm³/mol. The number of piperidine rings is 1. The second kappa shape index (κ2) is 7.39. The highest BCUT2D eigenvalue weighted by atomic mass is 16.5. The van der Waals surface area contributed by atoms with Gasteiger partial charge in [0.1, 0.15) is 6.04 Å². The number of nitrogens with zero attached hydrogens (tertiary/aromatic N) is 1. The maximum atomic E-state index is 12.3. The number of rotatable bonds is 5. The molecule has 0 aromatic rings. The number of likely N-dealkylation sites (tertiary alicyclic amines) is 1. The predicted octanol–water partition coefficient (Wildman–Crippen LogP) is 2.37. The van der Waals surface area contributed by atoms with Crippen LogP contribution in [-0.4, -0.2) is 36.0 Å². The van der Waals surface area contributed by atoms with E-state index in [4.69, 9.17) is 4.74 Å². The molecule has 0 aromatic heterocycles. The van der Waals surface area contributed by atoms with E-state index in [9.17, 15) is 9.59 Å². The van der Waals surface area contributed by atoms with Gasteiger partial charge in [-0.25, -0.2) is 4.79 Å². The molecule has 0 spiro atoms. The fourth-order valence-corrected chi connectivity index (χ4v) is 2.52. The van der Waals surface area contributed by atoms with E-state index in [2.05, 4.69) is 6.92 Å². The summed E-state index contributed by atoms with van der Waals surface area (Å²) >= 11 is 0. The summed E-state index contributed by atoms with van der Waals surface area (Å²) < 4.78 is 5.07. The van der Waals surface area contributed by atoms with Gasteiger partial charge in [0.25, 0.3) is 0 Å². The van der Waals surface area contributed by atoms with Gasteiger partial charge in [-0.3, -0.25) is 4.79 Å². The second-order valence-electron chi connectivity index (χ2n) is 4.98. The molecular formula is C14H25NO3. The van der Waals surface area contributed by atoms with Gasteiger partial charge in [-0.05, 0) is 32.6 Å². The summed E-state index contributed by atoms with van der Waals surface area (Å²) in [4.78, 5) is 25.9. The molecule has 0 radical (unpaired) electrons. The van der Waals surface area contributed by atoms with Crippen LogP contribution in [0.2, 0.25) is 0 Å². The number of ether oxygens (including phenoxy) is 1. The Labute approximate surface area is 110 Å². The van der Waals surface area contributed by atoms with Crippen molar-refractivity contribution in [2.45, 2.75) is 58.9 Å². The van der Waals surface area contributed by atoms with Crippen molar-refractivity contribution in [3.63, 3.8) is 0 Å². The maximum absolute atomic E-state index is 12.3. The van der Waals surface area contributed by atoms with Crippen molar-refractivity contribution >= 4 is 11.9 Å². The Kier molecular flexibility index (Phi) is 6.16. The summed E-state index contributed by atoms with van der Waals surface area (Å²) in [6, 6.07) is -0.356. The van der Waals surface area contributed by atoms with Crippen molar-refractivity contribution in [2.75, 3.05) is 13.2 Å². The molecule has 104 valence electrons. The number of carbonyl (C=O) groups excluding carboxylic acids is 2. The van der Waals surface area contributed by atoms with E-state index in [0.29, 0.717) is 13.2 Å². The van der Waals surface area contributed by atoms with Crippen LogP contribution < -0.4 is 0 Å². The molecule has 18 heavy (non-hydrogen) atoms. The summed E-state index contributed by atoms with van der Waals surface area (Å²) in [6.45, 7) is 6.89. The second-order valence-corrected chi connectivity index (χ2v) is 4.98. The molecule has 0 saturated carbocycles. The molecule has 1 rings (SSSR count). The van der Waals surface area contributed by atoms with Crippen molar-refractivity contribution in [2.24, 2.45) is 5.92 Å². The van der Waals surface area contributed by atoms with Crippen molar-refractivity contribution in [1.29, 1.82) is 0 Å². The molecular weight excluding hydrogens is 230 g/mol. The van der Waals surface area contributed by atoms with Crippen LogP contribution in [0.1, 0.15) is 52.9 Å². The third-order valence-corrected chi connectivity index (χ3v) is 3.49. The molecule has 0 bridgehead atoms. The molecule has 0 N–H and O–H groups in total. The first-order valence-corrected chi connectivity index (χ1v) is 7.08. The van der Waals surface area contributed by atoms with Gasteiger partial charge in [-0.1, -0.05) is 20.3 Å². The van der Waals surface area contributed by atoms with Crippen molar-refractivity contribution < 1.29 is 14.3 Å². The van der Waals surface area contributed by atoms with Gasteiger partial charge in [0.2, 0.25) is 5.91 Å². The third kappa shape index (κ3) is 3.72. The molecule has 1 heterocycles. The van der Waals surface area contributed by atoms with Gasteiger partial charge in [0, 0.05) is 12.5 Å². The highest BCUT2D eigenvalue weighted by Crippen LogP contribution is 2.22. The van der Waals surface area contributed by atoms with Gasteiger partial charge < -0.3 is 9.64 Å². The maximum Gasteiger partial charge on any atom is 0.328 e. The van der Waals surface area contributed by atoms with E-state index in [1.54, 1.807) is 11.8 Å². The van der Waals surface area contributed by atoms with E-state index in [-0.39, 0.29) is 23.8 Å². The van der Waals surface area contributed by atoms with E-state index < -0.39 is 0 Å². The SMILES string of the molecule is CCCC(C)C(=O)N1CCCCC1C(=O)OCC. The molecule has 1 fully saturated rings. The first kappa shape index (κ1) is 15.0. The molecule has 0 aliphatic carbocycles. The zero-order valence-electron chi connectivity index (χ0n) is 11.8. The molecule has 0 aromatic carbocycles. The number of carbonyl (C=O) groups is 2. The summed E-state index contributed by atoms with van der Waals surface area (Å²) in [5.41, 5.74) is 0. The van der Waals surface area contributed by atoms with E-state index in [1.165, 1.54) is 0 Å². The lowest BCUT2D eigenvalue weighted by Crippen LogP contribution is -2.50. The smallest absolute Gasteiger partial charge is 0.328 e. The minimum atomic E-state index is -0.356. The van der Waals surface area contributed by atoms with E-state index >= 15 is 0 Å². The number of esters is 1. The van der Waals surface area contributed by atoms with Crippen LogP contribution >= 0.6 is 0 Å². The van der Waals surface area contributed by atoms with Crippen molar-refractivity contribution in [3.05, 3.63) is 0 Å². The summed E-state index contributed by atoms with van der Waals surface area (Å²) in [5, 5.41) is 0. The molecule has 1 aliphatic rings. The summed E-state index contributed by atoms with van der Waals surface area (Å²) in [7, 11) is 0. The van der Waals surface area contributed by atoms with Crippen LogP contribution in [-0.2, 0) is 14.3 Å². The molecule has 4 nitrogen and oxygen atoms in total. The Bertz CT molecular complexity index is 291. The fourth-order valence-electron chi connectivity index (χ4n) is 2.52. The van der Waals surface area contributed by atoms with Crippen LogP contribution in [0.15, 0.2) is 0 Å². The Morgan fingerprint density at radius 2 is 2.06 bits per heavy atom. The van der Waals surface area contributed by atoms with Crippen LogP contribution in [0.3, 0.4) is 0 Å². The largest absolute Gasteiger partial charge is 0.464 e. The first-order chi connectivity index (χ1) is 8.61. The van der Waals surface area contributed by atoms with Gasteiger partial charge in [0.15, 0.2) is 0 Å². The van der Waals surface area contributed by atoms with Gasteiger partial charge in [0.05, 0.1) is 6.61 Å². The normalized spacial score (nSPS) is 21.5. The molecule has 2 atom stereocenters.